The minimum absolute atomic E-state index is 0.108. The third kappa shape index (κ3) is 3.75. The molecule has 0 bridgehead atoms. The van der Waals surface area contributed by atoms with Crippen molar-refractivity contribution in [1.82, 2.24) is 9.88 Å². The van der Waals surface area contributed by atoms with E-state index in [1.54, 1.807) is 0 Å². The number of benzene rings is 2. The lowest BCUT2D eigenvalue weighted by Gasteiger charge is -2.30. The summed E-state index contributed by atoms with van der Waals surface area (Å²) >= 11 is 3.53. The Hall–Kier alpha value is -2.24. The number of nitrogens with zero attached hydrogens (tertiary/aromatic N) is 2. The average molecular weight is 425 g/mol. The Labute approximate surface area is 167 Å². The highest BCUT2D eigenvalue weighted by Crippen LogP contribution is 2.28. The Balaban J connectivity index is 1.84. The van der Waals surface area contributed by atoms with Gasteiger partial charge < -0.3 is 9.80 Å². The van der Waals surface area contributed by atoms with Gasteiger partial charge in [0.15, 0.2) is 0 Å². The van der Waals surface area contributed by atoms with Gasteiger partial charge >= 0.3 is 0 Å². The van der Waals surface area contributed by atoms with Crippen molar-refractivity contribution in [3.8, 4) is 11.3 Å². The zero-order valence-corrected chi connectivity index (χ0v) is 17.2. The number of likely N-dealkylation sites (N-methyl/N-ethyl adjacent to an activating group) is 1. The summed E-state index contributed by atoms with van der Waals surface area (Å²) in [5.41, 5.74) is 4.58. The number of hydrogen-bond acceptors (Lipinski definition) is 2. The molecule has 1 aliphatic rings. The average Bonchev–Trinajstić information content (AvgIpc) is 2.67. The zero-order chi connectivity index (χ0) is 19.0. The molecular weight excluding hydrogens is 402 g/mol. The van der Waals surface area contributed by atoms with Crippen LogP contribution in [0.25, 0.3) is 22.2 Å². The van der Waals surface area contributed by atoms with Crippen LogP contribution in [0.2, 0.25) is 0 Å². The highest BCUT2D eigenvalue weighted by molar-refractivity contribution is 9.10. The molecule has 1 aliphatic heterocycles. The zero-order valence-electron chi connectivity index (χ0n) is 15.6. The summed E-state index contributed by atoms with van der Waals surface area (Å²) in [5, 5.41) is 0.935. The van der Waals surface area contributed by atoms with Gasteiger partial charge in [0.05, 0.1) is 50.0 Å². The Morgan fingerprint density at radius 3 is 2.63 bits per heavy atom. The molecule has 0 saturated carbocycles. The van der Waals surface area contributed by atoms with Crippen molar-refractivity contribution in [3.05, 3.63) is 64.1 Å². The van der Waals surface area contributed by atoms with Crippen LogP contribution in [0.5, 0.6) is 0 Å². The van der Waals surface area contributed by atoms with E-state index in [1.165, 1.54) is 4.90 Å². The summed E-state index contributed by atoms with van der Waals surface area (Å²) in [6.45, 7) is 5.63. The SMILES string of the molecule is Cc1ccc2nc(-c3cccc(Br)c3)cc(C(=O)N3CC[NH+](C)CC3)c2c1. The minimum Gasteiger partial charge on any atom is -0.334 e. The highest BCUT2D eigenvalue weighted by Gasteiger charge is 2.24. The Bertz CT molecular complexity index is 1010. The standard InChI is InChI=1S/C22H22BrN3O/c1-15-6-7-20-18(12-15)19(22(27)26-10-8-25(2)9-11-26)14-21(24-20)16-4-3-5-17(23)13-16/h3-7,12-14H,8-11H2,1-2H3/p+1. The minimum atomic E-state index is 0.108. The highest BCUT2D eigenvalue weighted by atomic mass is 79.9. The fourth-order valence-corrected chi connectivity index (χ4v) is 3.97. The number of hydrogen-bond donors (Lipinski definition) is 1. The van der Waals surface area contributed by atoms with Gasteiger partial charge in [0.1, 0.15) is 0 Å². The second-order valence-corrected chi connectivity index (χ2v) is 8.25. The Morgan fingerprint density at radius 2 is 1.89 bits per heavy atom. The first-order valence-electron chi connectivity index (χ1n) is 9.29. The molecular formula is C22H23BrN3O+. The number of nitrogens with one attached hydrogen (secondary N) is 1. The Kier molecular flexibility index (Phi) is 4.98. The molecule has 1 fully saturated rings. The lowest BCUT2D eigenvalue weighted by molar-refractivity contribution is -0.883. The van der Waals surface area contributed by atoms with Gasteiger partial charge in [0, 0.05) is 15.4 Å². The summed E-state index contributed by atoms with van der Waals surface area (Å²) < 4.78 is 1.00. The van der Waals surface area contributed by atoms with Gasteiger partial charge in [0.25, 0.3) is 5.91 Å². The number of carbonyl (C=O) groups excluding carboxylic acids is 1. The van der Waals surface area contributed by atoms with Crippen molar-refractivity contribution in [1.29, 1.82) is 0 Å². The van der Waals surface area contributed by atoms with Crippen LogP contribution in [-0.2, 0) is 0 Å². The summed E-state index contributed by atoms with van der Waals surface area (Å²) in [6.07, 6.45) is 0. The van der Waals surface area contributed by atoms with Crippen LogP contribution in [-0.4, -0.2) is 49.0 Å². The van der Waals surface area contributed by atoms with Crippen molar-refractivity contribution in [2.75, 3.05) is 33.2 Å². The molecule has 0 radical (unpaired) electrons. The number of rotatable bonds is 2. The fourth-order valence-electron chi connectivity index (χ4n) is 3.57. The molecule has 2 aromatic carbocycles. The van der Waals surface area contributed by atoms with Gasteiger partial charge in [-0.25, -0.2) is 4.98 Å². The third-order valence-electron chi connectivity index (χ3n) is 5.22. The molecule has 0 unspecified atom stereocenters. The summed E-state index contributed by atoms with van der Waals surface area (Å²) in [5.74, 6) is 0.108. The molecule has 3 aromatic rings. The van der Waals surface area contributed by atoms with Crippen LogP contribution < -0.4 is 4.90 Å². The number of pyridine rings is 1. The number of amides is 1. The van der Waals surface area contributed by atoms with E-state index in [2.05, 4.69) is 36.0 Å². The van der Waals surface area contributed by atoms with E-state index in [-0.39, 0.29) is 5.91 Å². The normalized spacial score (nSPS) is 15.3. The van der Waals surface area contributed by atoms with Gasteiger partial charge in [-0.2, -0.15) is 0 Å². The molecule has 1 aromatic heterocycles. The van der Waals surface area contributed by atoms with Gasteiger partial charge in [0.2, 0.25) is 0 Å². The second-order valence-electron chi connectivity index (χ2n) is 7.34. The number of aryl methyl sites for hydroxylation is 1. The summed E-state index contributed by atoms with van der Waals surface area (Å²) in [4.78, 5) is 21.7. The van der Waals surface area contributed by atoms with Gasteiger partial charge in [-0.3, -0.25) is 4.79 Å². The van der Waals surface area contributed by atoms with Crippen molar-refractivity contribution in [3.63, 3.8) is 0 Å². The molecule has 0 aliphatic carbocycles. The second kappa shape index (κ2) is 7.41. The number of quaternary nitrogens is 1. The van der Waals surface area contributed by atoms with Crippen LogP contribution in [0.15, 0.2) is 53.0 Å². The molecule has 2 heterocycles. The van der Waals surface area contributed by atoms with E-state index in [9.17, 15) is 4.79 Å². The van der Waals surface area contributed by atoms with Crippen LogP contribution in [0.4, 0.5) is 0 Å². The molecule has 138 valence electrons. The van der Waals surface area contributed by atoms with Crippen LogP contribution in [0, 0.1) is 6.92 Å². The van der Waals surface area contributed by atoms with E-state index in [4.69, 9.17) is 4.98 Å². The molecule has 4 rings (SSSR count). The van der Waals surface area contributed by atoms with Crippen LogP contribution in [0.1, 0.15) is 15.9 Å². The molecule has 1 saturated heterocycles. The van der Waals surface area contributed by atoms with Crippen LogP contribution in [0.3, 0.4) is 0 Å². The molecule has 0 atom stereocenters. The van der Waals surface area contributed by atoms with Crippen molar-refractivity contribution < 1.29 is 9.69 Å². The first kappa shape index (κ1) is 18.1. The monoisotopic (exact) mass is 424 g/mol. The van der Waals surface area contributed by atoms with E-state index < -0.39 is 0 Å². The largest absolute Gasteiger partial charge is 0.334 e. The number of halogens is 1. The van der Waals surface area contributed by atoms with E-state index in [0.717, 1.165) is 63.9 Å². The number of piperazine rings is 1. The topological polar surface area (TPSA) is 37.6 Å². The van der Waals surface area contributed by atoms with Gasteiger partial charge in [-0.1, -0.05) is 39.7 Å². The predicted molar refractivity (Wildman–Crippen MR) is 112 cm³/mol. The molecule has 4 nitrogen and oxygen atoms in total. The molecule has 1 N–H and O–H groups in total. The summed E-state index contributed by atoms with van der Waals surface area (Å²) in [6, 6.07) is 16.1. The maximum atomic E-state index is 13.4. The quantitative estimate of drug-likeness (QED) is 0.686. The maximum absolute atomic E-state index is 13.4. The first-order valence-corrected chi connectivity index (χ1v) is 10.1. The van der Waals surface area contributed by atoms with Crippen LogP contribution >= 0.6 is 15.9 Å². The number of carbonyl (C=O) groups is 1. The van der Waals surface area contributed by atoms with Crippen molar-refractivity contribution in [2.45, 2.75) is 6.92 Å². The number of aromatic nitrogens is 1. The van der Waals surface area contributed by atoms with Gasteiger partial charge in [-0.05, 0) is 37.3 Å². The van der Waals surface area contributed by atoms with E-state index in [1.807, 2.05) is 47.4 Å². The predicted octanol–water partition coefficient (Wildman–Crippen LogP) is 2.94. The van der Waals surface area contributed by atoms with Crippen molar-refractivity contribution in [2.24, 2.45) is 0 Å². The fraction of sp³-hybridized carbons (Fsp3) is 0.273. The molecule has 1 amide bonds. The maximum Gasteiger partial charge on any atom is 0.255 e. The van der Waals surface area contributed by atoms with E-state index in [0.29, 0.717) is 0 Å². The Morgan fingerprint density at radius 1 is 1.11 bits per heavy atom. The smallest absolute Gasteiger partial charge is 0.255 e. The molecule has 0 spiro atoms. The van der Waals surface area contributed by atoms with E-state index >= 15 is 0 Å². The number of fused-ring (bicyclic) bond motifs is 1. The lowest BCUT2D eigenvalue weighted by atomic mass is 10.0. The van der Waals surface area contributed by atoms with Crippen molar-refractivity contribution >= 4 is 32.7 Å². The summed E-state index contributed by atoms with van der Waals surface area (Å²) in [7, 11) is 2.18. The molecule has 27 heavy (non-hydrogen) atoms. The van der Waals surface area contributed by atoms with Gasteiger partial charge in [-0.15, -0.1) is 0 Å². The molecule has 5 heteroatoms. The lowest BCUT2D eigenvalue weighted by Crippen LogP contribution is -3.12. The first-order chi connectivity index (χ1) is 13.0. The third-order valence-corrected chi connectivity index (χ3v) is 5.71.